The van der Waals surface area contributed by atoms with E-state index in [-0.39, 0.29) is 6.42 Å². The molecule has 0 aromatic rings. The minimum absolute atomic E-state index is 0.143. The van der Waals surface area contributed by atoms with Gasteiger partial charge >= 0.3 is 0 Å². The summed E-state index contributed by atoms with van der Waals surface area (Å²) < 4.78 is 22.6. The second-order valence-electron chi connectivity index (χ2n) is 1.39. The van der Waals surface area contributed by atoms with Gasteiger partial charge in [-0.1, -0.05) is 12.2 Å². The number of hydrogen-bond acceptors (Lipinski definition) is 0. The van der Waals surface area contributed by atoms with Crippen LogP contribution in [0, 0.1) is 6.92 Å². The van der Waals surface area contributed by atoms with Crippen LogP contribution in [-0.4, -0.2) is 6.43 Å². The Hall–Kier alpha value is -0.400. The average molecular weight is 119 g/mol. The lowest BCUT2D eigenvalue weighted by Crippen LogP contribution is -1.83. The molecular formula is C6H9F2. The standard InChI is InChI=1S/C6H9F2/c1-2-3-4-5-6(7)8/h3-4,6H,1-2,5H2. The van der Waals surface area contributed by atoms with Crippen molar-refractivity contribution < 1.29 is 8.78 Å². The molecule has 0 saturated heterocycles. The van der Waals surface area contributed by atoms with Crippen LogP contribution in [0.4, 0.5) is 8.78 Å². The van der Waals surface area contributed by atoms with Crippen LogP contribution in [0.2, 0.25) is 0 Å². The maximum atomic E-state index is 11.3. The van der Waals surface area contributed by atoms with Crippen molar-refractivity contribution >= 4 is 0 Å². The van der Waals surface area contributed by atoms with Gasteiger partial charge in [0.15, 0.2) is 0 Å². The fourth-order valence-electron chi connectivity index (χ4n) is 0.317. The molecule has 0 heterocycles. The fourth-order valence-corrected chi connectivity index (χ4v) is 0.317. The Morgan fingerprint density at radius 3 is 2.38 bits per heavy atom. The first-order valence-electron chi connectivity index (χ1n) is 2.49. The van der Waals surface area contributed by atoms with Crippen molar-refractivity contribution in [3.05, 3.63) is 19.1 Å². The van der Waals surface area contributed by atoms with Gasteiger partial charge in [-0.15, -0.1) is 0 Å². The van der Waals surface area contributed by atoms with E-state index in [1.165, 1.54) is 6.08 Å². The summed E-state index contributed by atoms with van der Waals surface area (Å²) in [6.07, 6.45) is 1.31. The molecule has 0 fully saturated rings. The highest BCUT2D eigenvalue weighted by Crippen LogP contribution is 1.99. The molecule has 0 spiro atoms. The molecule has 47 valence electrons. The van der Waals surface area contributed by atoms with Crippen LogP contribution in [0.5, 0.6) is 0 Å². The second-order valence-corrected chi connectivity index (χ2v) is 1.39. The van der Waals surface area contributed by atoms with E-state index in [2.05, 4.69) is 6.92 Å². The fraction of sp³-hybridized carbons (Fsp3) is 0.500. The highest BCUT2D eigenvalue weighted by Gasteiger charge is 1.94. The molecule has 0 N–H and O–H groups in total. The lowest BCUT2D eigenvalue weighted by molar-refractivity contribution is 0.152. The highest BCUT2D eigenvalue weighted by atomic mass is 19.3. The number of hydrogen-bond donors (Lipinski definition) is 0. The van der Waals surface area contributed by atoms with Crippen LogP contribution < -0.4 is 0 Å². The van der Waals surface area contributed by atoms with E-state index in [0.717, 1.165) is 0 Å². The van der Waals surface area contributed by atoms with Gasteiger partial charge in [0.1, 0.15) is 0 Å². The highest BCUT2D eigenvalue weighted by molar-refractivity contribution is 4.82. The minimum Gasteiger partial charge on any atom is -0.210 e. The van der Waals surface area contributed by atoms with E-state index in [9.17, 15) is 8.78 Å². The molecule has 1 radical (unpaired) electrons. The zero-order chi connectivity index (χ0) is 6.41. The number of allylic oxidation sites excluding steroid dienone is 2. The first-order valence-corrected chi connectivity index (χ1v) is 2.49. The molecule has 0 aliphatic heterocycles. The molecule has 0 aromatic carbocycles. The molecule has 8 heavy (non-hydrogen) atoms. The summed E-state index contributed by atoms with van der Waals surface area (Å²) >= 11 is 0. The molecule has 0 aliphatic rings. The van der Waals surface area contributed by atoms with Crippen molar-refractivity contribution in [3.8, 4) is 0 Å². The maximum absolute atomic E-state index is 11.3. The SMILES string of the molecule is [CH2]CC=CCC(F)F. The average Bonchev–Trinajstić information content (AvgIpc) is 1.66. The molecule has 0 nitrogen and oxygen atoms in total. The van der Waals surface area contributed by atoms with Crippen molar-refractivity contribution in [1.82, 2.24) is 0 Å². The number of halogens is 2. The van der Waals surface area contributed by atoms with Crippen LogP contribution in [0.25, 0.3) is 0 Å². The van der Waals surface area contributed by atoms with E-state index in [0.29, 0.717) is 6.42 Å². The van der Waals surface area contributed by atoms with Gasteiger partial charge in [-0.05, 0) is 13.3 Å². The summed E-state index contributed by atoms with van der Waals surface area (Å²) in [6, 6.07) is 0. The lowest BCUT2D eigenvalue weighted by Gasteiger charge is -1.86. The van der Waals surface area contributed by atoms with Crippen LogP contribution in [0.3, 0.4) is 0 Å². The normalized spacial score (nSPS) is 11.5. The van der Waals surface area contributed by atoms with Crippen molar-refractivity contribution in [2.45, 2.75) is 19.3 Å². The molecular weight excluding hydrogens is 110 g/mol. The summed E-state index contributed by atoms with van der Waals surface area (Å²) in [4.78, 5) is 0. The summed E-state index contributed by atoms with van der Waals surface area (Å²) in [6.45, 7) is 3.45. The predicted molar refractivity (Wildman–Crippen MR) is 29.7 cm³/mol. The second kappa shape index (κ2) is 4.75. The van der Waals surface area contributed by atoms with E-state index in [1.54, 1.807) is 6.08 Å². The van der Waals surface area contributed by atoms with Crippen LogP contribution in [0.15, 0.2) is 12.2 Å². The van der Waals surface area contributed by atoms with Gasteiger partial charge in [0, 0.05) is 6.42 Å². The topological polar surface area (TPSA) is 0 Å². The molecule has 0 atom stereocenters. The lowest BCUT2D eigenvalue weighted by atomic mass is 10.3. The van der Waals surface area contributed by atoms with Crippen LogP contribution in [0.1, 0.15) is 12.8 Å². The van der Waals surface area contributed by atoms with Crippen LogP contribution >= 0.6 is 0 Å². The van der Waals surface area contributed by atoms with E-state index in [1.807, 2.05) is 0 Å². The monoisotopic (exact) mass is 119 g/mol. The summed E-state index contributed by atoms with van der Waals surface area (Å²) in [5.74, 6) is 0. The Morgan fingerprint density at radius 1 is 1.38 bits per heavy atom. The third kappa shape index (κ3) is 5.60. The Labute approximate surface area is 48.2 Å². The summed E-state index contributed by atoms with van der Waals surface area (Å²) in [7, 11) is 0. The Bertz CT molecular complexity index is 66.9. The first-order chi connectivity index (χ1) is 3.77. The maximum Gasteiger partial charge on any atom is 0.242 e. The minimum atomic E-state index is -2.21. The van der Waals surface area contributed by atoms with Gasteiger partial charge in [0.05, 0.1) is 0 Å². The quantitative estimate of drug-likeness (QED) is 0.500. The zero-order valence-corrected chi connectivity index (χ0v) is 4.61. The van der Waals surface area contributed by atoms with Crippen molar-refractivity contribution in [2.24, 2.45) is 0 Å². The predicted octanol–water partition coefficient (Wildman–Crippen LogP) is 2.42. The molecule has 0 bridgehead atoms. The van der Waals surface area contributed by atoms with Gasteiger partial charge < -0.3 is 0 Å². The summed E-state index contributed by atoms with van der Waals surface area (Å²) in [5.41, 5.74) is 0. The molecule has 0 aliphatic carbocycles. The Kier molecular flexibility index (Phi) is 4.51. The Balaban J connectivity index is 3.03. The van der Waals surface area contributed by atoms with Crippen molar-refractivity contribution in [1.29, 1.82) is 0 Å². The van der Waals surface area contributed by atoms with E-state index < -0.39 is 6.43 Å². The first kappa shape index (κ1) is 7.60. The molecule has 0 saturated carbocycles. The molecule has 0 rings (SSSR count). The molecule has 0 aromatic heterocycles. The molecule has 0 unspecified atom stereocenters. The van der Waals surface area contributed by atoms with Gasteiger partial charge in [0.2, 0.25) is 6.43 Å². The third-order valence-corrected chi connectivity index (χ3v) is 0.648. The third-order valence-electron chi connectivity index (χ3n) is 0.648. The Morgan fingerprint density at radius 2 is 2.00 bits per heavy atom. The van der Waals surface area contributed by atoms with Crippen molar-refractivity contribution in [2.75, 3.05) is 0 Å². The number of rotatable bonds is 3. The van der Waals surface area contributed by atoms with Gasteiger partial charge in [-0.3, -0.25) is 0 Å². The van der Waals surface area contributed by atoms with Gasteiger partial charge in [-0.25, -0.2) is 8.78 Å². The zero-order valence-electron chi connectivity index (χ0n) is 4.61. The number of alkyl halides is 2. The largest absolute Gasteiger partial charge is 0.242 e. The summed E-state index contributed by atoms with van der Waals surface area (Å²) in [5, 5.41) is 0. The van der Waals surface area contributed by atoms with Gasteiger partial charge in [-0.2, -0.15) is 0 Å². The van der Waals surface area contributed by atoms with Gasteiger partial charge in [0.25, 0.3) is 0 Å². The van der Waals surface area contributed by atoms with E-state index in [4.69, 9.17) is 0 Å². The molecule has 0 amide bonds. The van der Waals surface area contributed by atoms with E-state index >= 15 is 0 Å². The smallest absolute Gasteiger partial charge is 0.210 e. The van der Waals surface area contributed by atoms with Crippen LogP contribution in [-0.2, 0) is 0 Å². The molecule has 2 heteroatoms. The van der Waals surface area contributed by atoms with Crippen molar-refractivity contribution in [3.63, 3.8) is 0 Å².